The van der Waals surface area contributed by atoms with Gasteiger partial charge in [-0.25, -0.2) is 9.18 Å². The van der Waals surface area contributed by atoms with E-state index < -0.39 is 18.1 Å². The summed E-state index contributed by atoms with van der Waals surface area (Å²) in [6.45, 7) is 10.0. The fraction of sp³-hybridized carbons (Fsp3) is 0.462. The average Bonchev–Trinajstić information content (AvgIpc) is 3.17. The number of benzene rings is 3. The third kappa shape index (κ3) is 8.49. The Morgan fingerprint density at radius 1 is 0.962 bits per heavy atom. The van der Waals surface area contributed by atoms with Crippen molar-refractivity contribution in [3.05, 3.63) is 89.2 Å². The zero-order valence-electron chi connectivity index (χ0n) is 30.0. The van der Waals surface area contributed by atoms with Gasteiger partial charge in [-0.15, -0.1) is 0 Å². The van der Waals surface area contributed by atoms with Gasteiger partial charge in [0.25, 0.3) is 5.91 Å². The summed E-state index contributed by atoms with van der Waals surface area (Å²) in [6.07, 6.45) is -0.231. The number of urea groups is 1. The minimum atomic E-state index is -0.869. The van der Waals surface area contributed by atoms with Gasteiger partial charge in [0.1, 0.15) is 17.3 Å². The summed E-state index contributed by atoms with van der Waals surface area (Å²) in [5.41, 5.74) is 2.64. The van der Waals surface area contributed by atoms with Crippen molar-refractivity contribution in [3.63, 3.8) is 0 Å². The van der Waals surface area contributed by atoms with Crippen molar-refractivity contribution in [1.29, 1.82) is 0 Å². The smallest absolute Gasteiger partial charge is 0.317 e. The van der Waals surface area contributed by atoms with E-state index in [0.717, 1.165) is 38.3 Å². The maximum absolute atomic E-state index is 13.6. The molecule has 4 amide bonds. The predicted octanol–water partition coefficient (Wildman–Crippen LogP) is 2.33. The first-order chi connectivity index (χ1) is 25.1. The molecular formula is C39H50FN6O6+. The van der Waals surface area contributed by atoms with Crippen molar-refractivity contribution in [1.82, 2.24) is 20.0 Å². The molecule has 3 fully saturated rings. The molecule has 3 aliphatic heterocycles. The Labute approximate surface area is 304 Å². The number of aliphatic hydroxyl groups is 1. The van der Waals surface area contributed by atoms with Crippen molar-refractivity contribution in [2.24, 2.45) is 5.92 Å². The molecule has 0 spiro atoms. The van der Waals surface area contributed by atoms with Crippen molar-refractivity contribution in [2.45, 2.75) is 38.5 Å². The zero-order valence-corrected chi connectivity index (χ0v) is 30.0. The highest BCUT2D eigenvalue weighted by Gasteiger charge is 2.49. The monoisotopic (exact) mass is 717 g/mol. The van der Waals surface area contributed by atoms with Crippen LogP contribution in [0, 0.1) is 11.7 Å². The molecule has 3 heterocycles. The molecule has 3 unspecified atom stereocenters. The highest BCUT2D eigenvalue weighted by molar-refractivity contribution is 6.03. The summed E-state index contributed by atoms with van der Waals surface area (Å²) < 4.78 is 18.7. The number of aliphatic hydroxyl groups excluding tert-OH is 1. The van der Waals surface area contributed by atoms with E-state index >= 15 is 0 Å². The summed E-state index contributed by atoms with van der Waals surface area (Å²) >= 11 is 0. The first kappa shape index (κ1) is 37.1. The lowest BCUT2D eigenvalue weighted by Crippen LogP contribution is -3.15. The van der Waals surface area contributed by atoms with E-state index in [1.54, 1.807) is 21.9 Å². The van der Waals surface area contributed by atoms with Crippen LogP contribution in [-0.2, 0) is 16.1 Å². The fourth-order valence-corrected chi connectivity index (χ4v) is 7.47. The van der Waals surface area contributed by atoms with Gasteiger partial charge in [-0.2, -0.15) is 0 Å². The van der Waals surface area contributed by atoms with Gasteiger partial charge in [0.15, 0.2) is 6.54 Å². The lowest BCUT2D eigenvalue weighted by Gasteiger charge is -2.48. The van der Waals surface area contributed by atoms with Crippen molar-refractivity contribution >= 4 is 23.5 Å². The van der Waals surface area contributed by atoms with E-state index in [1.807, 2.05) is 29.2 Å². The number of β-lactam (4-membered cyclic amide) rings is 1. The number of likely N-dealkylation sites (N-methyl/N-ethyl adjacent to an activating group) is 1. The zero-order chi connectivity index (χ0) is 36.8. The largest absolute Gasteiger partial charge is 0.507 e. The van der Waals surface area contributed by atoms with Gasteiger partial charge in [0, 0.05) is 63.1 Å². The number of carbonyl (C=O) groups is 3. The van der Waals surface area contributed by atoms with Crippen molar-refractivity contribution in [3.8, 4) is 11.5 Å². The highest BCUT2D eigenvalue weighted by atomic mass is 19.1. The van der Waals surface area contributed by atoms with Crippen molar-refractivity contribution in [2.75, 3.05) is 77.5 Å². The number of piperazine rings is 2. The van der Waals surface area contributed by atoms with Gasteiger partial charge in [0.05, 0.1) is 38.3 Å². The number of amides is 4. The molecule has 3 aromatic carbocycles. The SMILES string of the molecule is CCN1CC[NH+](CC(=O)N2CCN(C(=O)NCc3ccc(N4C(=O)C(CCC(O)c5ccc(F)cc5)C4c4ccc(OC)cc4O)cc3)CC2)CC1. The topological polar surface area (TPSA) is 130 Å². The van der Waals surface area contributed by atoms with Crippen LogP contribution in [0.15, 0.2) is 66.7 Å². The summed E-state index contributed by atoms with van der Waals surface area (Å²) in [7, 11) is 1.51. The highest BCUT2D eigenvalue weighted by Crippen LogP contribution is 2.49. The van der Waals surface area contributed by atoms with Crippen molar-refractivity contribution < 1.29 is 38.6 Å². The normalized spacial score (nSPS) is 20.4. The molecule has 0 bridgehead atoms. The number of rotatable bonds is 12. The van der Waals surface area contributed by atoms with Crippen LogP contribution in [0.5, 0.6) is 11.5 Å². The second-order valence-electron chi connectivity index (χ2n) is 13.9. The molecule has 3 atom stereocenters. The van der Waals surface area contributed by atoms with Gasteiger partial charge in [0.2, 0.25) is 5.91 Å². The van der Waals surface area contributed by atoms with Gasteiger partial charge >= 0.3 is 6.03 Å². The third-order valence-electron chi connectivity index (χ3n) is 10.8. The number of anilines is 1. The van der Waals surface area contributed by atoms with E-state index in [9.17, 15) is 29.0 Å². The van der Waals surface area contributed by atoms with Gasteiger partial charge in [-0.1, -0.05) is 31.2 Å². The molecule has 0 radical (unpaired) electrons. The fourth-order valence-electron chi connectivity index (χ4n) is 7.47. The standard InChI is InChI=1S/C39H49FN6O6/c1-3-42-16-18-43(19-17-42)26-36(49)44-20-22-45(23-21-44)39(51)41-25-27-4-10-30(11-5-27)46-37(32-13-12-31(52-2)24-35(32)48)33(38(46)50)14-15-34(47)28-6-8-29(40)9-7-28/h4-13,24,33-34,37,47-48H,3,14-23,25-26H2,1-2H3,(H,41,51)/p+1. The third-order valence-corrected chi connectivity index (χ3v) is 10.8. The van der Waals surface area contributed by atoms with Crippen LogP contribution in [0.4, 0.5) is 14.9 Å². The number of halogens is 1. The van der Waals surface area contributed by atoms with Gasteiger partial charge in [-0.05, 0) is 66.9 Å². The summed E-state index contributed by atoms with van der Waals surface area (Å²) in [5, 5.41) is 24.7. The number of phenols is 1. The maximum atomic E-state index is 13.6. The molecule has 3 aromatic rings. The second kappa shape index (κ2) is 16.7. The van der Waals surface area contributed by atoms with Crippen LogP contribution in [0.25, 0.3) is 0 Å². The van der Waals surface area contributed by atoms with E-state index in [1.165, 1.54) is 42.3 Å². The van der Waals surface area contributed by atoms with E-state index in [-0.39, 0.29) is 35.8 Å². The molecule has 6 rings (SSSR count). The second-order valence-corrected chi connectivity index (χ2v) is 13.9. The van der Waals surface area contributed by atoms with Gasteiger partial charge < -0.3 is 39.9 Å². The minimum Gasteiger partial charge on any atom is -0.507 e. The molecule has 13 heteroatoms. The Hall–Kier alpha value is -4.72. The minimum absolute atomic E-state index is 0.00189. The van der Waals surface area contributed by atoms with Crippen LogP contribution in [0.1, 0.15) is 48.6 Å². The molecule has 12 nitrogen and oxygen atoms in total. The lowest BCUT2D eigenvalue weighted by atomic mass is 9.78. The molecule has 278 valence electrons. The first-order valence-corrected chi connectivity index (χ1v) is 18.2. The molecule has 0 saturated carbocycles. The number of methoxy groups -OCH3 is 1. The number of hydrogen-bond donors (Lipinski definition) is 4. The van der Waals surface area contributed by atoms with Gasteiger partial charge in [-0.3, -0.25) is 14.5 Å². The molecule has 3 aliphatic rings. The van der Waals surface area contributed by atoms with Crippen LogP contribution < -0.4 is 19.9 Å². The van der Waals surface area contributed by atoms with Crippen LogP contribution >= 0.6 is 0 Å². The molecular weight excluding hydrogens is 667 g/mol. The number of carbonyl (C=O) groups excluding carboxylic acids is 3. The Morgan fingerprint density at radius 2 is 1.63 bits per heavy atom. The van der Waals surface area contributed by atoms with E-state index in [4.69, 9.17) is 4.74 Å². The Bertz CT molecular complexity index is 1690. The lowest BCUT2D eigenvalue weighted by molar-refractivity contribution is -0.896. The summed E-state index contributed by atoms with van der Waals surface area (Å²) in [5.74, 6) is -0.380. The number of phenolic OH excluding ortho intramolecular Hbond substituents is 1. The number of hydrogen-bond acceptors (Lipinski definition) is 7. The number of nitrogens with one attached hydrogen (secondary N) is 2. The molecule has 3 saturated heterocycles. The first-order valence-electron chi connectivity index (χ1n) is 18.2. The maximum Gasteiger partial charge on any atom is 0.317 e. The number of quaternary nitrogens is 1. The molecule has 0 aliphatic carbocycles. The number of ether oxygens (including phenoxy) is 1. The summed E-state index contributed by atoms with van der Waals surface area (Å²) in [6, 6.07) is 17.4. The Balaban J connectivity index is 1.03. The van der Waals surface area contributed by atoms with E-state index in [2.05, 4.69) is 17.1 Å². The number of aromatic hydroxyl groups is 1. The Kier molecular flexibility index (Phi) is 11.9. The Morgan fingerprint density at radius 3 is 2.27 bits per heavy atom. The molecule has 52 heavy (non-hydrogen) atoms. The van der Waals surface area contributed by atoms with Crippen LogP contribution in [0.2, 0.25) is 0 Å². The van der Waals surface area contributed by atoms with Crippen LogP contribution in [0.3, 0.4) is 0 Å². The average molecular weight is 718 g/mol. The van der Waals surface area contributed by atoms with Crippen LogP contribution in [-0.4, -0.2) is 115 Å². The summed E-state index contributed by atoms with van der Waals surface area (Å²) in [4.78, 5) is 48.6. The molecule has 0 aromatic heterocycles. The molecule has 4 N–H and O–H groups in total. The van der Waals surface area contributed by atoms with E-state index in [0.29, 0.717) is 68.3 Å². The number of nitrogens with zero attached hydrogens (tertiary/aromatic N) is 4. The predicted molar refractivity (Wildman–Crippen MR) is 193 cm³/mol. The quantitative estimate of drug-likeness (QED) is 0.212.